The van der Waals surface area contributed by atoms with Gasteiger partial charge in [0.05, 0.1) is 4.24 Å². The van der Waals surface area contributed by atoms with E-state index >= 15 is 0 Å². The van der Waals surface area contributed by atoms with E-state index in [1.165, 1.54) is 35.7 Å². The zero-order valence-electron chi connectivity index (χ0n) is 12.0. The first-order valence-electron chi connectivity index (χ1n) is 6.92. The van der Waals surface area contributed by atoms with Crippen LogP contribution in [0.4, 0.5) is 8.78 Å². The molecule has 0 aliphatic carbocycles. The molecule has 118 valence electrons. The average molecular weight is 349 g/mol. The zero-order chi connectivity index (χ0) is 16.4. The summed E-state index contributed by atoms with van der Waals surface area (Å²) in [5, 5.41) is 16.2. The van der Waals surface area contributed by atoms with Gasteiger partial charge < -0.3 is 10.5 Å². The topological polar surface area (TPSA) is 44.1 Å². The van der Waals surface area contributed by atoms with Crippen molar-refractivity contribution in [3.8, 4) is 0 Å². The molecule has 0 unspecified atom stereocenters. The molecule has 23 heavy (non-hydrogen) atoms. The number of hydrogen-bond acceptors (Lipinski definition) is 4. The number of fused-ring (bicyclic) bond motifs is 1. The van der Waals surface area contributed by atoms with Crippen molar-refractivity contribution < 1.29 is 13.9 Å². The quantitative estimate of drug-likeness (QED) is 0.787. The van der Waals surface area contributed by atoms with E-state index in [0.29, 0.717) is 6.42 Å². The van der Waals surface area contributed by atoms with Crippen LogP contribution in [-0.2, 0) is 6.42 Å². The lowest BCUT2D eigenvalue weighted by molar-refractivity contribution is 0.298. The summed E-state index contributed by atoms with van der Waals surface area (Å²) in [6.45, 7) is 0.0751. The van der Waals surface area contributed by atoms with Gasteiger partial charge in [0, 0.05) is 33.7 Å². The van der Waals surface area contributed by atoms with E-state index in [2.05, 4.69) is 0 Å². The van der Waals surface area contributed by atoms with Gasteiger partial charge in [-0.2, -0.15) is 0 Å². The van der Waals surface area contributed by atoms with Crippen LogP contribution in [0.3, 0.4) is 0 Å². The van der Waals surface area contributed by atoms with E-state index in [1.807, 2.05) is 18.2 Å². The number of rotatable bonds is 4. The third kappa shape index (κ3) is 3.20. The van der Waals surface area contributed by atoms with Gasteiger partial charge in [0.2, 0.25) is 0 Å². The molecule has 3 rings (SSSR count). The Bertz CT molecular complexity index is 805. The predicted octanol–water partition coefficient (Wildman–Crippen LogP) is 4.69. The Morgan fingerprint density at radius 2 is 1.78 bits per heavy atom. The fourth-order valence-electron chi connectivity index (χ4n) is 2.29. The summed E-state index contributed by atoms with van der Waals surface area (Å²) in [4.78, 5) is 2.12. The second-order valence-electron chi connectivity index (χ2n) is 4.90. The number of aliphatic hydroxyl groups is 1. The van der Waals surface area contributed by atoms with Gasteiger partial charge in [0.15, 0.2) is 11.6 Å². The molecular weight excluding hydrogens is 336 g/mol. The molecule has 2 aromatic carbocycles. The van der Waals surface area contributed by atoms with Crippen molar-refractivity contribution >= 4 is 35.8 Å². The van der Waals surface area contributed by atoms with Crippen LogP contribution in [0.25, 0.3) is 6.08 Å². The minimum absolute atomic E-state index is 0.0649. The second-order valence-corrected chi connectivity index (χ2v) is 7.30. The predicted molar refractivity (Wildman–Crippen MR) is 91.2 cm³/mol. The Hall–Kier alpha value is -1.63. The van der Waals surface area contributed by atoms with E-state index in [9.17, 15) is 8.78 Å². The van der Waals surface area contributed by atoms with Crippen molar-refractivity contribution in [3.05, 3.63) is 62.9 Å². The van der Waals surface area contributed by atoms with Crippen molar-refractivity contribution in [2.45, 2.75) is 16.2 Å². The number of hydrogen-bond donors (Lipinski definition) is 2. The summed E-state index contributed by atoms with van der Waals surface area (Å²) >= 11 is 3.01. The molecule has 1 aliphatic heterocycles. The molecule has 1 heterocycles. The lowest BCUT2D eigenvalue weighted by atomic mass is 10.1. The number of benzene rings is 2. The second kappa shape index (κ2) is 6.86. The number of halogens is 2. The van der Waals surface area contributed by atoms with Crippen molar-refractivity contribution in [2.24, 2.45) is 0 Å². The lowest BCUT2D eigenvalue weighted by Crippen LogP contribution is -1.95. The molecule has 0 atom stereocenters. The Morgan fingerprint density at radius 3 is 2.52 bits per heavy atom. The highest BCUT2D eigenvalue weighted by atomic mass is 32.2. The summed E-state index contributed by atoms with van der Waals surface area (Å²) < 4.78 is 28.7. The van der Waals surface area contributed by atoms with Crippen LogP contribution < -0.4 is 0 Å². The molecule has 6 heteroatoms. The number of aliphatic hydroxyl groups excluding tert-OH is 1. The molecule has 0 saturated heterocycles. The first-order chi connectivity index (χ1) is 11.1. The first-order valence-corrected chi connectivity index (χ1v) is 8.56. The maximum atomic E-state index is 14.1. The maximum Gasteiger partial charge on any atom is 0.168 e. The summed E-state index contributed by atoms with van der Waals surface area (Å²) in [5.41, 5.74) is 1.15. The lowest BCUT2D eigenvalue weighted by Gasteiger charge is -2.04. The highest BCUT2D eigenvalue weighted by Crippen LogP contribution is 2.53. The average Bonchev–Trinajstić information content (AvgIpc) is 2.96. The van der Waals surface area contributed by atoms with Gasteiger partial charge in [0.25, 0.3) is 0 Å². The minimum atomic E-state index is -0.999. The fraction of sp³-hybridized carbons (Fsp3) is 0.118. The normalized spacial score (nSPS) is 15.0. The molecular formula is C17H13F2NOS2. The van der Waals surface area contributed by atoms with Crippen molar-refractivity contribution in [1.82, 2.24) is 0 Å². The summed E-state index contributed by atoms with van der Waals surface area (Å²) in [6.07, 6.45) is 2.98. The zero-order valence-corrected chi connectivity index (χ0v) is 13.6. The van der Waals surface area contributed by atoms with Crippen LogP contribution >= 0.6 is 23.5 Å². The van der Waals surface area contributed by atoms with E-state index in [1.54, 1.807) is 6.08 Å². The number of nitrogens with one attached hydrogen (secondary N) is 1. The fourth-order valence-corrected chi connectivity index (χ4v) is 4.86. The van der Waals surface area contributed by atoms with Crippen LogP contribution in [0.1, 0.15) is 16.7 Å². The monoisotopic (exact) mass is 349 g/mol. The minimum Gasteiger partial charge on any atom is -0.396 e. The van der Waals surface area contributed by atoms with Crippen molar-refractivity contribution in [3.63, 3.8) is 0 Å². The van der Waals surface area contributed by atoms with E-state index in [4.69, 9.17) is 10.5 Å². The van der Waals surface area contributed by atoms with E-state index < -0.39 is 11.6 Å². The molecule has 0 saturated carbocycles. The summed E-state index contributed by atoms with van der Waals surface area (Å²) in [5.74, 6) is -1.94. The van der Waals surface area contributed by atoms with E-state index in [-0.39, 0.29) is 17.7 Å². The van der Waals surface area contributed by atoms with Crippen molar-refractivity contribution in [1.29, 1.82) is 5.41 Å². The van der Waals surface area contributed by atoms with Crippen LogP contribution in [0.2, 0.25) is 0 Å². The van der Waals surface area contributed by atoms with Crippen molar-refractivity contribution in [2.75, 3.05) is 6.61 Å². The van der Waals surface area contributed by atoms with Gasteiger partial charge in [-0.3, -0.25) is 0 Å². The Balaban J connectivity index is 1.93. The third-order valence-electron chi connectivity index (χ3n) is 3.43. The standard InChI is InChI=1S/C17H13F2NOS2/c18-15-11(4-5-12(9-20)16(15)19)8-14-22-13-3-1-2-10(6-7-21)17(13)23-14/h1-5,8-9,20-21H,6-7H2/b14-8-,20-9?. The summed E-state index contributed by atoms with van der Waals surface area (Å²) in [7, 11) is 0. The van der Waals surface area contributed by atoms with Crippen LogP contribution in [-0.4, -0.2) is 17.9 Å². The molecule has 0 bridgehead atoms. The van der Waals surface area contributed by atoms with Gasteiger partial charge in [-0.25, -0.2) is 8.78 Å². The molecule has 0 fully saturated rings. The highest BCUT2D eigenvalue weighted by Gasteiger charge is 2.21. The van der Waals surface area contributed by atoms with E-state index in [0.717, 1.165) is 25.8 Å². The Morgan fingerprint density at radius 1 is 1.04 bits per heavy atom. The molecule has 0 aromatic heterocycles. The van der Waals surface area contributed by atoms with Gasteiger partial charge >= 0.3 is 0 Å². The highest BCUT2D eigenvalue weighted by molar-refractivity contribution is 8.25. The van der Waals surface area contributed by atoms with Gasteiger partial charge in [-0.1, -0.05) is 41.7 Å². The van der Waals surface area contributed by atoms with Gasteiger partial charge in [-0.05, 0) is 30.2 Å². The molecule has 0 radical (unpaired) electrons. The third-order valence-corrected chi connectivity index (χ3v) is 5.94. The Kier molecular flexibility index (Phi) is 4.84. The SMILES string of the molecule is N=Cc1ccc(/C=C2/Sc3cccc(CCO)c3S2)c(F)c1F. The number of thioether (sulfide) groups is 2. The summed E-state index contributed by atoms with van der Waals surface area (Å²) in [6, 6.07) is 8.74. The largest absolute Gasteiger partial charge is 0.396 e. The molecule has 0 spiro atoms. The maximum absolute atomic E-state index is 14.1. The van der Waals surface area contributed by atoms with Gasteiger partial charge in [-0.15, -0.1) is 0 Å². The molecule has 2 N–H and O–H groups in total. The van der Waals surface area contributed by atoms with Crippen LogP contribution in [0, 0.1) is 17.0 Å². The van der Waals surface area contributed by atoms with Crippen LogP contribution in [0.15, 0.2) is 44.4 Å². The molecule has 2 nitrogen and oxygen atoms in total. The first kappa shape index (κ1) is 16.2. The smallest absolute Gasteiger partial charge is 0.168 e. The molecule has 1 aliphatic rings. The molecule has 2 aromatic rings. The van der Waals surface area contributed by atoms with Gasteiger partial charge in [0.1, 0.15) is 0 Å². The van der Waals surface area contributed by atoms with Crippen LogP contribution in [0.5, 0.6) is 0 Å². The Labute approximate surface area is 141 Å². The molecule has 0 amide bonds.